The predicted molar refractivity (Wildman–Crippen MR) is 101 cm³/mol. The van der Waals surface area contributed by atoms with Crippen LogP contribution in [0.15, 0.2) is 60.7 Å². The van der Waals surface area contributed by atoms with Gasteiger partial charge in [0, 0.05) is 0 Å². The van der Waals surface area contributed by atoms with E-state index < -0.39 is 30.9 Å². The molecule has 0 spiro atoms. The number of carboxylic acids is 1. The Bertz CT molecular complexity index is 766. The van der Waals surface area contributed by atoms with Gasteiger partial charge < -0.3 is 34.7 Å². The van der Waals surface area contributed by atoms with E-state index in [0.717, 1.165) is 0 Å². The van der Waals surface area contributed by atoms with Crippen molar-refractivity contribution in [3.8, 4) is 17.6 Å². The molecule has 156 valence electrons. The molecule has 0 radical (unpaired) electrons. The first-order chi connectivity index (χ1) is 13.9. The van der Waals surface area contributed by atoms with Crippen molar-refractivity contribution in [3.05, 3.63) is 66.5 Å². The molecule has 9 heteroatoms. The molecule has 3 N–H and O–H groups in total. The number of hydrogen-bond acceptors (Lipinski definition) is 7. The van der Waals surface area contributed by atoms with E-state index in [1.807, 2.05) is 0 Å². The third-order valence-corrected chi connectivity index (χ3v) is 3.22. The van der Waals surface area contributed by atoms with E-state index in [9.17, 15) is 29.6 Å². The van der Waals surface area contributed by atoms with Crippen molar-refractivity contribution in [3.63, 3.8) is 0 Å². The van der Waals surface area contributed by atoms with Crippen molar-refractivity contribution < 1.29 is 90.5 Å². The van der Waals surface area contributed by atoms with Gasteiger partial charge in [-0.1, -0.05) is 30.1 Å². The summed E-state index contributed by atoms with van der Waals surface area (Å²) in [6.45, 7) is -1.01. The van der Waals surface area contributed by atoms with Gasteiger partial charge in [-0.25, -0.2) is 4.39 Å². The molecule has 0 heterocycles. The fourth-order valence-electron chi connectivity index (χ4n) is 1.79. The Balaban J connectivity index is 0.00000841. The minimum absolute atomic E-state index is 0. The van der Waals surface area contributed by atoms with Crippen LogP contribution >= 0.6 is 0 Å². The Morgan fingerprint density at radius 3 is 2.40 bits per heavy atom. The van der Waals surface area contributed by atoms with Gasteiger partial charge in [0.05, 0.1) is 19.2 Å². The van der Waals surface area contributed by atoms with E-state index in [-0.39, 0.29) is 70.4 Å². The molecule has 30 heavy (non-hydrogen) atoms. The number of aliphatic carboxylic acids is 1. The number of ether oxygens (including phenoxy) is 2. The van der Waals surface area contributed by atoms with Gasteiger partial charge in [0.1, 0.15) is 36.5 Å². The molecule has 0 saturated heterocycles. The summed E-state index contributed by atoms with van der Waals surface area (Å²) in [6.07, 6.45) is 5.24. The minimum atomic E-state index is -1.41. The van der Waals surface area contributed by atoms with Crippen LogP contribution in [0.3, 0.4) is 0 Å². The Hall–Kier alpha value is -1.32. The van der Waals surface area contributed by atoms with Crippen LogP contribution in [0.2, 0.25) is 0 Å². The minimum Gasteiger partial charge on any atom is -0.548 e. The standard InChI is InChI=1S/C21H23FO7.K/c22-16-9-11-18(12-10-16)29-13-17(23)7-5-3-1-2-4-6-8-19(24)20(25)14-28-15-21(26)27;/h2,4-12,17,19-20,23-25H,13-15H2,(H,26,27);/q;+1/p-1/t17-,19+,20-;/m1./s1. The third-order valence-electron chi connectivity index (χ3n) is 3.22. The van der Waals surface area contributed by atoms with Crippen LogP contribution in [0.1, 0.15) is 0 Å². The van der Waals surface area contributed by atoms with Crippen molar-refractivity contribution >= 4 is 5.97 Å². The summed E-state index contributed by atoms with van der Waals surface area (Å²) in [6, 6.07) is 5.43. The van der Waals surface area contributed by atoms with E-state index in [2.05, 4.69) is 16.6 Å². The maximum Gasteiger partial charge on any atom is 1.00 e. The summed E-state index contributed by atoms with van der Waals surface area (Å²) in [5.74, 6) is 3.99. The first kappa shape index (κ1) is 28.7. The van der Waals surface area contributed by atoms with Crippen molar-refractivity contribution in [1.29, 1.82) is 0 Å². The zero-order valence-electron chi connectivity index (χ0n) is 16.5. The molecule has 0 fully saturated rings. The number of hydrogen-bond donors (Lipinski definition) is 3. The molecule has 1 rings (SSSR count). The number of rotatable bonds is 11. The van der Waals surface area contributed by atoms with E-state index in [4.69, 9.17) is 4.74 Å². The van der Waals surface area contributed by atoms with Crippen LogP contribution < -0.4 is 61.2 Å². The van der Waals surface area contributed by atoms with Gasteiger partial charge in [-0.15, -0.1) is 0 Å². The largest absolute Gasteiger partial charge is 1.00 e. The number of aliphatic hydroxyl groups excluding tert-OH is 3. The number of allylic oxidation sites excluding steroid dienone is 4. The van der Waals surface area contributed by atoms with Crippen LogP contribution in [0.5, 0.6) is 5.75 Å². The number of benzene rings is 1. The van der Waals surface area contributed by atoms with E-state index in [0.29, 0.717) is 5.75 Å². The van der Waals surface area contributed by atoms with Gasteiger partial charge in [0.25, 0.3) is 0 Å². The fourth-order valence-corrected chi connectivity index (χ4v) is 1.79. The summed E-state index contributed by atoms with van der Waals surface area (Å²) in [5, 5.41) is 39.0. The number of halogens is 1. The Morgan fingerprint density at radius 2 is 1.73 bits per heavy atom. The van der Waals surface area contributed by atoms with E-state index in [1.54, 1.807) is 0 Å². The van der Waals surface area contributed by atoms with Crippen molar-refractivity contribution in [1.82, 2.24) is 0 Å². The number of carboxylic acid groups (broad SMARTS) is 1. The zero-order chi connectivity index (χ0) is 21.5. The molecule has 7 nitrogen and oxygen atoms in total. The van der Waals surface area contributed by atoms with Gasteiger partial charge in [-0.3, -0.25) is 0 Å². The van der Waals surface area contributed by atoms with Gasteiger partial charge in [0.2, 0.25) is 0 Å². The molecular formula is C21H22FKO7. The fraction of sp³-hybridized carbons (Fsp3) is 0.286. The average Bonchev–Trinajstić information content (AvgIpc) is 2.69. The van der Waals surface area contributed by atoms with E-state index in [1.165, 1.54) is 60.7 Å². The molecule has 0 aliphatic rings. The second kappa shape index (κ2) is 17.4. The number of carbonyl (C=O) groups is 1. The summed E-state index contributed by atoms with van der Waals surface area (Å²) >= 11 is 0. The summed E-state index contributed by atoms with van der Waals surface area (Å²) in [7, 11) is 0. The molecule has 0 aliphatic heterocycles. The predicted octanol–water partition coefficient (Wildman–Crippen LogP) is -3.27. The first-order valence-electron chi connectivity index (χ1n) is 8.59. The smallest absolute Gasteiger partial charge is 0.548 e. The van der Waals surface area contributed by atoms with Gasteiger partial charge in [-0.05, 0) is 42.5 Å². The molecule has 1 aromatic carbocycles. The SMILES string of the molecule is O=C([O-])COC[C@@H](O)[C@@H](O)C=CC=CC#CC=C[C@@H](O)COc1ccc(F)cc1.[K+]. The zero-order valence-corrected chi connectivity index (χ0v) is 19.6. The molecule has 1 aromatic rings. The van der Waals surface area contributed by atoms with Gasteiger partial charge >= 0.3 is 51.4 Å². The van der Waals surface area contributed by atoms with Crippen molar-refractivity contribution in [2.75, 3.05) is 19.8 Å². The molecule has 3 atom stereocenters. The second-order valence-corrected chi connectivity index (χ2v) is 5.67. The molecule has 0 aliphatic carbocycles. The normalized spacial score (nSPS) is 14.1. The molecule has 0 amide bonds. The Morgan fingerprint density at radius 1 is 1.07 bits per heavy atom. The van der Waals surface area contributed by atoms with Crippen molar-refractivity contribution in [2.45, 2.75) is 18.3 Å². The van der Waals surface area contributed by atoms with Crippen LogP contribution in [0, 0.1) is 17.7 Å². The molecule has 0 aromatic heterocycles. The number of carbonyl (C=O) groups excluding carboxylic acids is 1. The van der Waals surface area contributed by atoms with Crippen LogP contribution in [-0.2, 0) is 9.53 Å². The van der Waals surface area contributed by atoms with Crippen LogP contribution in [0.4, 0.5) is 4.39 Å². The average molecular weight is 444 g/mol. The summed E-state index contributed by atoms with van der Waals surface area (Å²) < 4.78 is 22.7. The molecule has 0 saturated carbocycles. The van der Waals surface area contributed by atoms with Gasteiger partial charge in [0.15, 0.2) is 0 Å². The second-order valence-electron chi connectivity index (χ2n) is 5.67. The summed E-state index contributed by atoms with van der Waals surface area (Å²) in [5.41, 5.74) is 0. The van der Waals surface area contributed by atoms with E-state index >= 15 is 0 Å². The van der Waals surface area contributed by atoms with Crippen molar-refractivity contribution in [2.24, 2.45) is 0 Å². The molecule has 0 bridgehead atoms. The van der Waals surface area contributed by atoms with Gasteiger partial charge in [-0.2, -0.15) is 0 Å². The maximum atomic E-state index is 12.8. The monoisotopic (exact) mass is 444 g/mol. The van der Waals surface area contributed by atoms with Crippen LogP contribution in [-0.4, -0.2) is 59.4 Å². The molecular weight excluding hydrogens is 422 g/mol. The quantitative estimate of drug-likeness (QED) is 0.186. The van der Waals surface area contributed by atoms with Crippen LogP contribution in [0.25, 0.3) is 0 Å². The first-order valence-corrected chi connectivity index (χ1v) is 8.59. The Kier molecular flexibility index (Phi) is 16.6. The maximum absolute atomic E-state index is 12.8. The molecule has 0 unspecified atom stereocenters. The number of aliphatic hydroxyl groups is 3. The topological polar surface area (TPSA) is 119 Å². The Labute approximate surface area is 216 Å². The third kappa shape index (κ3) is 14.6. The summed E-state index contributed by atoms with van der Waals surface area (Å²) in [4.78, 5) is 10.2.